The van der Waals surface area contributed by atoms with Crippen LogP contribution in [-0.4, -0.2) is 17.4 Å². The predicted octanol–water partition coefficient (Wildman–Crippen LogP) is 4.74. The molecule has 5 heteroatoms. The molecule has 0 spiro atoms. The molecule has 0 aliphatic heterocycles. The van der Waals surface area contributed by atoms with Gasteiger partial charge in [0.1, 0.15) is 11.6 Å². The van der Waals surface area contributed by atoms with Gasteiger partial charge in [0, 0.05) is 24.0 Å². The molecule has 0 fully saturated rings. The maximum atomic E-state index is 13.7. The highest BCUT2D eigenvalue weighted by molar-refractivity contribution is 6.04. The van der Waals surface area contributed by atoms with E-state index in [9.17, 15) is 9.18 Å². The van der Waals surface area contributed by atoms with Crippen molar-refractivity contribution in [2.45, 2.75) is 20.3 Å². The molecule has 2 aromatic carbocycles. The Morgan fingerprint density at radius 1 is 1.04 bits per heavy atom. The number of anilines is 2. The van der Waals surface area contributed by atoms with E-state index in [-0.39, 0.29) is 11.7 Å². The highest BCUT2D eigenvalue weighted by Crippen LogP contribution is 2.16. The van der Waals surface area contributed by atoms with Crippen molar-refractivity contribution >= 4 is 17.4 Å². The van der Waals surface area contributed by atoms with Crippen LogP contribution < -0.4 is 10.6 Å². The predicted molar refractivity (Wildman–Crippen MR) is 107 cm³/mol. The van der Waals surface area contributed by atoms with Gasteiger partial charge in [-0.25, -0.2) is 9.37 Å². The fourth-order valence-corrected chi connectivity index (χ4v) is 2.94. The molecule has 3 aromatic rings. The van der Waals surface area contributed by atoms with Crippen molar-refractivity contribution in [1.82, 2.24) is 4.98 Å². The summed E-state index contributed by atoms with van der Waals surface area (Å²) in [5.74, 6) is 0.174. The van der Waals surface area contributed by atoms with Crippen molar-refractivity contribution in [3.8, 4) is 0 Å². The molecule has 138 valence electrons. The number of carbonyl (C=O) groups is 1. The van der Waals surface area contributed by atoms with Gasteiger partial charge < -0.3 is 10.6 Å². The Kier molecular flexibility index (Phi) is 5.81. The molecular formula is C22H22FN3O. The summed E-state index contributed by atoms with van der Waals surface area (Å²) in [5, 5.41) is 6.05. The number of amides is 1. The van der Waals surface area contributed by atoms with Gasteiger partial charge in [-0.2, -0.15) is 0 Å². The summed E-state index contributed by atoms with van der Waals surface area (Å²) < 4.78 is 13.7. The third-order valence-corrected chi connectivity index (χ3v) is 4.16. The zero-order valence-corrected chi connectivity index (χ0v) is 15.4. The normalized spacial score (nSPS) is 10.5. The van der Waals surface area contributed by atoms with E-state index in [2.05, 4.69) is 21.7 Å². The lowest BCUT2D eigenvalue weighted by atomic mass is 10.1. The lowest BCUT2D eigenvalue weighted by molar-refractivity contribution is 0.102. The number of benzene rings is 2. The number of halogens is 1. The Hall–Kier alpha value is -3.21. The second-order valence-corrected chi connectivity index (χ2v) is 6.53. The molecule has 1 heterocycles. The molecular weight excluding hydrogens is 341 g/mol. The van der Waals surface area contributed by atoms with Gasteiger partial charge in [0.15, 0.2) is 0 Å². The van der Waals surface area contributed by atoms with Crippen molar-refractivity contribution < 1.29 is 9.18 Å². The molecule has 0 atom stereocenters. The van der Waals surface area contributed by atoms with Gasteiger partial charge in [-0.1, -0.05) is 24.3 Å². The first-order chi connectivity index (χ1) is 13.0. The summed E-state index contributed by atoms with van der Waals surface area (Å²) >= 11 is 0. The number of aryl methyl sites for hydroxylation is 2. The first-order valence-electron chi connectivity index (χ1n) is 8.84. The van der Waals surface area contributed by atoms with Crippen LogP contribution in [0.5, 0.6) is 0 Å². The van der Waals surface area contributed by atoms with Gasteiger partial charge in [-0.3, -0.25) is 4.79 Å². The van der Waals surface area contributed by atoms with Crippen LogP contribution >= 0.6 is 0 Å². The number of hydrogen-bond donors (Lipinski definition) is 2. The Labute approximate surface area is 158 Å². The molecule has 0 bridgehead atoms. The van der Waals surface area contributed by atoms with Crippen LogP contribution in [0.15, 0.2) is 60.8 Å². The Morgan fingerprint density at radius 3 is 2.52 bits per heavy atom. The maximum Gasteiger partial charge on any atom is 0.255 e. The highest BCUT2D eigenvalue weighted by Gasteiger charge is 2.08. The third kappa shape index (κ3) is 5.14. The monoisotopic (exact) mass is 363 g/mol. The van der Waals surface area contributed by atoms with Crippen LogP contribution in [0, 0.1) is 19.7 Å². The highest BCUT2D eigenvalue weighted by atomic mass is 19.1. The smallest absolute Gasteiger partial charge is 0.255 e. The second kappa shape index (κ2) is 8.45. The van der Waals surface area contributed by atoms with Gasteiger partial charge >= 0.3 is 0 Å². The summed E-state index contributed by atoms with van der Waals surface area (Å²) in [7, 11) is 0. The van der Waals surface area contributed by atoms with Crippen LogP contribution in [0.3, 0.4) is 0 Å². The molecule has 4 nitrogen and oxygen atoms in total. The Bertz CT molecular complexity index is 936. The van der Waals surface area contributed by atoms with Gasteiger partial charge in [0.2, 0.25) is 0 Å². The van der Waals surface area contributed by atoms with Gasteiger partial charge in [0.25, 0.3) is 5.91 Å². The molecule has 0 unspecified atom stereocenters. The molecule has 0 aliphatic carbocycles. The zero-order valence-electron chi connectivity index (χ0n) is 15.4. The van der Waals surface area contributed by atoms with Crippen molar-refractivity contribution in [3.63, 3.8) is 0 Å². The topological polar surface area (TPSA) is 54.0 Å². The maximum absolute atomic E-state index is 13.7. The average molecular weight is 363 g/mol. The van der Waals surface area contributed by atoms with Crippen LogP contribution in [0.25, 0.3) is 0 Å². The fraction of sp³-hybridized carbons (Fsp3) is 0.182. The Balaban J connectivity index is 1.62. The molecule has 1 aromatic heterocycles. The van der Waals surface area contributed by atoms with Crippen LogP contribution in [0.1, 0.15) is 27.0 Å². The van der Waals surface area contributed by atoms with E-state index in [0.717, 1.165) is 16.8 Å². The Morgan fingerprint density at radius 2 is 1.78 bits per heavy atom. The number of pyridine rings is 1. The lowest BCUT2D eigenvalue weighted by Gasteiger charge is -2.10. The molecule has 3 rings (SSSR count). The summed E-state index contributed by atoms with van der Waals surface area (Å²) in [6, 6.07) is 16.0. The number of aromatic nitrogens is 1. The number of hydrogen-bond acceptors (Lipinski definition) is 3. The molecule has 0 aliphatic rings. The number of nitrogens with one attached hydrogen (secondary N) is 2. The van der Waals surface area contributed by atoms with Crippen molar-refractivity contribution in [3.05, 3.63) is 88.9 Å². The minimum absolute atomic E-state index is 0.195. The fourth-order valence-electron chi connectivity index (χ4n) is 2.94. The summed E-state index contributed by atoms with van der Waals surface area (Å²) in [6.07, 6.45) is 2.12. The molecule has 0 radical (unpaired) electrons. The summed E-state index contributed by atoms with van der Waals surface area (Å²) in [4.78, 5) is 16.7. The SMILES string of the molecule is Cc1cc(C)cc(NC(=O)c2ccnc(NCCc3ccccc3F)c2)c1. The third-order valence-electron chi connectivity index (χ3n) is 4.16. The van der Waals surface area contributed by atoms with Crippen LogP contribution in [-0.2, 0) is 6.42 Å². The van der Waals surface area contributed by atoms with Crippen molar-refractivity contribution in [1.29, 1.82) is 0 Å². The molecule has 0 saturated carbocycles. The standard InChI is InChI=1S/C22H22FN3O/c1-15-11-16(2)13-19(12-15)26-22(27)18-8-10-25-21(14-18)24-9-7-17-5-3-4-6-20(17)23/h3-6,8,10-14H,7,9H2,1-2H3,(H,24,25)(H,26,27). The van der Waals surface area contributed by atoms with E-state index in [1.54, 1.807) is 30.5 Å². The van der Waals surface area contributed by atoms with E-state index in [0.29, 0.717) is 29.9 Å². The number of carbonyl (C=O) groups excluding carboxylic acids is 1. The van der Waals surface area contributed by atoms with Crippen LogP contribution in [0.2, 0.25) is 0 Å². The van der Waals surface area contributed by atoms with Gasteiger partial charge in [-0.05, 0) is 67.3 Å². The second-order valence-electron chi connectivity index (χ2n) is 6.53. The van der Waals surface area contributed by atoms with Gasteiger partial charge in [-0.15, -0.1) is 0 Å². The lowest BCUT2D eigenvalue weighted by Crippen LogP contribution is -2.13. The first-order valence-corrected chi connectivity index (χ1v) is 8.84. The van der Waals surface area contributed by atoms with E-state index < -0.39 is 0 Å². The van der Waals surface area contributed by atoms with E-state index in [1.165, 1.54) is 6.07 Å². The molecule has 0 saturated heterocycles. The quantitative estimate of drug-likeness (QED) is 0.665. The number of nitrogens with zero attached hydrogens (tertiary/aromatic N) is 1. The van der Waals surface area contributed by atoms with E-state index >= 15 is 0 Å². The minimum Gasteiger partial charge on any atom is -0.370 e. The van der Waals surface area contributed by atoms with Crippen molar-refractivity contribution in [2.75, 3.05) is 17.2 Å². The van der Waals surface area contributed by atoms with E-state index in [1.807, 2.05) is 32.0 Å². The van der Waals surface area contributed by atoms with Gasteiger partial charge in [0.05, 0.1) is 0 Å². The van der Waals surface area contributed by atoms with Crippen LogP contribution in [0.4, 0.5) is 15.9 Å². The largest absolute Gasteiger partial charge is 0.370 e. The van der Waals surface area contributed by atoms with E-state index in [4.69, 9.17) is 0 Å². The van der Waals surface area contributed by atoms with Crippen molar-refractivity contribution in [2.24, 2.45) is 0 Å². The zero-order chi connectivity index (χ0) is 19.2. The first kappa shape index (κ1) is 18.6. The molecule has 27 heavy (non-hydrogen) atoms. The molecule has 2 N–H and O–H groups in total. The summed E-state index contributed by atoms with van der Waals surface area (Å²) in [5.41, 5.74) is 4.11. The number of rotatable bonds is 6. The summed E-state index contributed by atoms with van der Waals surface area (Å²) in [6.45, 7) is 4.51. The minimum atomic E-state index is -0.214. The molecule has 1 amide bonds. The average Bonchev–Trinajstić information content (AvgIpc) is 2.63.